The molecule has 0 aliphatic carbocycles. The highest BCUT2D eigenvalue weighted by molar-refractivity contribution is 14.0. The van der Waals surface area contributed by atoms with E-state index in [0.29, 0.717) is 6.54 Å². The molecule has 0 saturated carbocycles. The molecule has 1 aromatic carbocycles. The van der Waals surface area contributed by atoms with Crippen molar-refractivity contribution in [2.24, 2.45) is 4.99 Å². The lowest BCUT2D eigenvalue weighted by Crippen LogP contribution is -2.38. The van der Waals surface area contributed by atoms with E-state index >= 15 is 0 Å². The van der Waals surface area contributed by atoms with Gasteiger partial charge < -0.3 is 15.4 Å². The van der Waals surface area contributed by atoms with Crippen LogP contribution < -0.4 is 15.4 Å². The molecule has 0 atom stereocenters. The topological polar surface area (TPSA) is 58.5 Å². The Hall–Kier alpha value is -1.35. The largest absolute Gasteiger partial charge is 0.493 e. The van der Waals surface area contributed by atoms with Crippen LogP contribution in [-0.4, -0.2) is 30.6 Å². The molecule has 1 aliphatic heterocycles. The molecule has 2 N–H and O–H groups in total. The van der Waals surface area contributed by atoms with Crippen LogP contribution in [0.3, 0.4) is 0 Å². The second-order valence-corrected chi connectivity index (χ2v) is 6.94. The van der Waals surface area contributed by atoms with Crippen molar-refractivity contribution in [3.05, 3.63) is 45.4 Å². The van der Waals surface area contributed by atoms with E-state index in [-0.39, 0.29) is 24.0 Å². The van der Waals surface area contributed by atoms with E-state index in [1.807, 2.05) is 0 Å². The van der Waals surface area contributed by atoms with Crippen molar-refractivity contribution in [3.63, 3.8) is 0 Å². The number of nitrogens with one attached hydrogen (secondary N) is 2. The number of thiazole rings is 1. The van der Waals surface area contributed by atoms with Crippen molar-refractivity contribution in [1.29, 1.82) is 0 Å². The smallest absolute Gasteiger partial charge is 0.191 e. The predicted molar refractivity (Wildman–Crippen MR) is 119 cm³/mol. The molecule has 2 heterocycles. The Bertz CT molecular complexity index is 732. The van der Waals surface area contributed by atoms with E-state index in [1.165, 1.54) is 16.1 Å². The van der Waals surface area contributed by atoms with Crippen LogP contribution in [0.1, 0.15) is 35.7 Å². The monoisotopic (exact) mass is 486 g/mol. The van der Waals surface area contributed by atoms with E-state index in [1.54, 1.807) is 11.3 Å². The Morgan fingerprint density at radius 3 is 2.96 bits per heavy atom. The quantitative estimate of drug-likeness (QED) is 0.357. The number of benzene rings is 1. The van der Waals surface area contributed by atoms with Gasteiger partial charge in [-0.1, -0.05) is 19.1 Å². The summed E-state index contributed by atoms with van der Waals surface area (Å²) >= 11 is 1.71. The number of aliphatic imine (C=N–C) groups is 1. The summed E-state index contributed by atoms with van der Waals surface area (Å²) in [5.41, 5.74) is 3.70. The highest BCUT2D eigenvalue weighted by atomic mass is 127. The van der Waals surface area contributed by atoms with Crippen molar-refractivity contribution >= 4 is 41.3 Å². The van der Waals surface area contributed by atoms with Gasteiger partial charge >= 0.3 is 0 Å². The average Bonchev–Trinajstić information content (AvgIpc) is 3.28. The van der Waals surface area contributed by atoms with E-state index in [0.717, 1.165) is 56.4 Å². The molecule has 0 fully saturated rings. The maximum atomic E-state index is 5.56. The Morgan fingerprint density at radius 2 is 2.19 bits per heavy atom. The highest BCUT2D eigenvalue weighted by Crippen LogP contribution is 2.25. The Balaban J connectivity index is 0.00000243. The number of nitrogens with zero attached hydrogens (tertiary/aromatic N) is 2. The van der Waals surface area contributed by atoms with Gasteiger partial charge in [-0.05, 0) is 37.0 Å². The fourth-order valence-electron chi connectivity index (χ4n) is 2.81. The van der Waals surface area contributed by atoms with Crippen LogP contribution >= 0.6 is 35.3 Å². The summed E-state index contributed by atoms with van der Waals surface area (Å²) in [5.74, 6) is 1.89. The van der Waals surface area contributed by atoms with Crippen LogP contribution in [0.15, 0.2) is 28.6 Å². The molecular formula is C19H27IN4OS. The molecule has 1 aromatic heterocycles. The number of hydrogen-bond acceptors (Lipinski definition) is 4. The van der Waals surface area contributed by atoms with Crippen LogP contribution in [0.5, 0.6) is 5.75 Å². The first-order chi connectivity index (χ1) is 12.3. The second-order valence-electron chi connectivity index (χ2n) is 6.00. The number of rotatable bonds is 7. The van der Waals surface area contributed by atoms with Crippen molar-refractivity contribution in [2.45, 2.75) is 39.7 Å². The zero-order chi connectivity index (χ0) is 17.5. The van der Waals surface area contributed by atoms with Gasteiger partial charge in [0.25, 0.3) is 0 Å². The predicted octanol–water partition coefficient (Wildman–Crippen LogP) is 3.56. The maximum absolute atomic E-state index is 5.56. The third kappa shape index (κ3) is 5.84. The third-order valence-electron chi connectivity index (χ3n) is 4.11. The molecule has 1 aliphatic rings. The van der Waals surface area contributed by atoms with Gasteiger partial charge in [-0.15, -0.1) is 35.3 Å². The van der Waals surface area contributed by atoms with Crippen molar-refractivity contribution in [3.8, 4) is 5.75 Å². The number of hydrogen-bond donors (Lipinski definition) is 2. The van der Waals surface area contributed by atoms with Gasteiger partial charge in [-0.3, -0.25) is 0 Å². The summed E-state index contributed by atoms with van der Waals surface area (Å²) in [7, 11) is 0. The molecule has 2 aromatic rings. The van der Waals surface area contributed by atoms with Crippen LogP contribution in [-0.2, 0) is 25.8 Å². The summed E-state index contributed by atoms with van der Waals surface area (Å²) in [6, 6.07) is 6.50. The fourth-order valence-corrected chi connectivity index (χ4v) is 3.54. The maximum Gasteiger partial charge on any atom is 0.191 e. The van der Waals surface area contributed by atoms with Crippen molar-refractivity contribution < 1.29 is 4.74 Å². The number of ether oxygens (including phenoxy) is 1. The second kappa shape index (κ2) is 10.7. The van der Waals surface area contributed by atoms with Crippen molar-refractivity contribution in [2.75, 3.05) is 19.7 Å². The van der Waals surface area contributed by atoms with Gasteiger partial charge in [0, 0.05) is 24.9 Å². The molecular weight excluding hydrogens is 459 g/mol. The Morgan fingerprint density at radius 1 is 1.31 bits per heavy atom. The minimum atomic E-state index is 0. The average molecular weight is 486 g/mol. The van der Waals surface area contributed by atoms with Crippen LogP contribution in [0.25, 0.3) is 0 Å². The van der Waals surface area contributed by atoms with Crippen LogP contribution in [0.2, 0.25) is 0 Å². The molecule has 0 spiro atoms. The molecule has 0 radical (unpaired) electrons. The number of aromatic nitrogens is 1. The first kappa shape index (κ1) is 21.0. The SMILES string of the molecule is CCNC(=NCc1csc(CC)n1)NCCc1ccc2c(c1)CCO2.I. The molecule has 5 nitrogen and oxygen atoms in total. The van der Waals surface area contributed by atoms with Gasteiger partial charge in [0.05, 0.1) is 23.9 Å². The molecule has 0 unspecified atom stereocenters. The van der Waals surface area contributed by atoms with Crippen molar-refractivity contribution in [1.82, 2.24) is 15.6 Å². The zero-order valence-electron chi connectivity index (χ0n) is 15.4. The third-order valence-corrected chi connectivity index (χ3v) is 5.15. The molecule has 0 saturated heterocycles. The lowest BCUT2D eigenvalue weighted by Gasteiger charge is -2.11. The van der Waals surface area contributed by atoms with Gasteiger partial charge in [0.2, 0.25) is 0 Å². The zero-order valence-corrected chi connectivity index (χ0v) is 18.5. The van der Waals surface area contributed by atoms with E-state index in [9.17, 15) is 0 Å². The molecule has 0 amide bonds. The fraction of sp³-hybridized carbons (Fsp3) is 0.474. The summed E-state index contributed by atoms with van der Waals surface area (Å²) in [4.78, 5) is 9.20. The number of fused-ring (bicyclic) bond motifs is 1. The van der Waals surface area contributed by atoms with Gasteiger partial charge in [0.15, 0.2) is 5.96 Å². The Labute approximate surface area is 176 Å². The number of halogens is 1. The van der Waals surface area contributed by atoms with Crippen LogP contribution in [0.4, 0.5) is 0 Å². The highest BCUT2D eigenvalue weighted by Gasteiger charge is 2.11. The summed E-state index contributed by atoms with van der Waals surface area (Å²) in [5, 5.41) is 9.97. The Kier molecular flexibility index (Phi) is 8.64. The molecule has 142 valence electrons. The number of aryl methyl sites for hydroxylation is 1. The minimum Gasteiger partial charge on any atom is -0.493 e. The van der Waals surface area contributed by atoms with Crippen LogP contribution in [0, 0.1) is 0 Å². The molecule has 7 heteroatoms. The summed E-state index contributed by atoms with van der Waals surface area (Å²) in [6.45, 7) is 7.33. The molecule has 0 bridgehead atoms. The molecule has 26 heavy (non-hydrogen) atoms. The minimum absolute atomic E-state index is 0. The lowest BCUT2D eigenvalue weighted by atomic mass is 10.1. The summed E-state index contributed by atoms with van der Waals surface area (Å²) in [6.07, 6.45) is 2.97. The normalized spacial score (nSPS) is 12.9. The number of guanidine groups is 1. The summed E-state index contributed by atoms with van der Waals surface area (Å²) < 4.78 is 5.56. The van der Waals surface area contributed by atoms with E-state index in [2.05, 4.69) is 58.0 Å². The first-order valence-corrected chi connectivity index (χ1v) is 9.86. The van der Waals surface area contributed by atoms with E-state index < -0.39 is 0 Å². The van der Waals surface area contributed by atoms with Gasteiger partial charge in [0.1, 0.15) is 5.75 Å². The van der Waals surface area contributed by atoms with Gasteiger partial charge in [-0.25, -0.2) is 9.98 Å². The molecule has 3 rings (SSSR count). The lowest BCUT2D eigenvalue weighted by molar-refractivity contribution is 0.357. The van der Waals surface area contributed by atoms with Gasteiger partial charge in [-0.2, -0.15) is 0 Å². The standard InChI is InChI=1S/C19H26N4OS.HI/c1-3-18-23-16(13-25-18)12-22-19(20-4-2)21-9-7-14-5-6-17-15(11-14)8-10-24-17;/h5-6,11,13H,3-4,7-10,12H2,1-2H3,(H2,20,21,22);1H. The first-order valence-electron chi connectivity index (χ1n) is 8.98. The van der Waals surface area contributed by atoms with E-state index in [4.69, 9.17) is 4.74 Å².